The number of aromatic nitrogens is 2. The summed E-state index contributed by atoms with van der Waals surface area (Å²) in [6, 6.07) is 21.2. The molecule has 4 atom stereocenters. The van der Waals surface area contributed by atoms with E-state index in [9.17, 15) is 19.2 Å². The second kappa shape index (κ2) is 8.94. The van der Waals surface area contributed by atoms with E-state index in [1.165, 1.54) is 11.8 Å². The zero-order chi connectivity index (χ0) is 28.6. The van der Waals surface area contributed by atoms with Gasteiger partial charge in [0.15, 0.2) is 0 Å². The minimum atomic E-state index is -1.17. The summed E-state index contributed by atoms with van der Waals surface area (Å²) in [5.41, 5.74) is 1.63. The Balaban J connectivity index is 1.45. The number of fused-ring (bicyclic) bond motifs is 8. The van der Waals surface area contributed by atoms with Crippen LogP contribution in [-0.4, -0.2) is 33.3 Å². The molecule has 41 heavy (non-hydrogen) atoms. The highest BCUT2D eigenvalue weighted by molar-refractivity contribution is 6.23. The van der Waals surface area contributed by atoms with E-state index in [0.29, 0.717) is 40.2 Å². The van der Waals surface area contributed by atoms with Gasteiger partial charge in [0.25, 0.3) is 5.56 Å². The van der Waals surface area contributed by atoms with Gasteiger partial charge >= 0.3 is 0 Å². The van der Waals surface area contributed by atoms with Gasteiger partial charge < -0.3 is 5.32 Å². The first kappa shape index (κ1) is 25.3. The molecule has 2 saturated heterocycles. The fraction of sp³-hybridized carbons (Fsp3) is 0.281. The van der Waals surface area contributed by atoms with Crippen LogP contribution in [0.25, 0.3) is 16.6 Å². The number of nitrogens with one attached hydrogen (secondary N) is 2. The molecular formula is C32H29N5O4. The lowest BCUT2D eigenvalue weighted by Crippen LogP contribution is -2.50. The lowest BCUT2D eigenvalue weighted by Gasteiger charge is -2.32. The van der Waals surface area contributed by atoms with Crippen molar-refractivity contribution in [1.29, 1.82) is 0 Å². The van der Waals surface area contributed by atoms with Crippen LogP contribution in [-0.2, 0) is 19.9 Å². The summed E-state index contributed by atoms with van der Waals surface area (Å²) in [4.78, 5) is 60.4. The maximum absolute atomic E-state index is 14.5. The van der Waals surface area contributed by atoms with Crippen LogP contribution in [0.1, 0.15) is 38.6 Å². The third kappa shape index (κ3) is 3.48. The largest absolute Gasteiger partial charge is 0.326 e. The van der Waals surface area contributed by atoms with Crippen LogP contribution < -0.4 is 21.1 Å². The number of benzene rings is 3. The molecule has 7 rings (SSSR count). The summed E-state index contributed by atoms with van der Waals surface area (Å²) >= 11 is 0. The number of nitrogens with zero attached hydrogens (tertiary/aromatic N) is 3. The van der Waals surface area contributed by atoms with Crippen LogP contribution in [0, 0.1) is 17.8 Å². The lowest BCUT2D eigenvalue weighted by molar-refractivity contribution is -0.123. The Kier molecular flexibility index (Phi) is 5.53. The van der Waals surface area contributed by atoms with Crippen molar-refractivity contribution < 1.29 is 14.4 Å². The number of imide groups is 1. The van der Waals surface area contributed by atoms with Gasteiger partial charge in [0.1, 0.15) is 11.4 Å². The maximum atomic E-state index is 14.5. The second-order valence-corrected chi connectivity index (χ2v) is 11.5. The molecule has 1 aromatic heterocycles. The monoisotopic (exact) mass is 547 g/mol. The van der Waals surface area contributed by atoms with Crippen molar-refractivity contribution in [3.05, 3.63) is 94.5 Å². The van der Waals surface area contributed by atoms with Crippen molar-refractivity contribution in [2.24, 2.45) is 17.8 Å². The molecule has 4 aromatic rings. The van der Waals surface area contributed by atoms with Crippen molar-refractivity contribution in [1.82, 2.24) is 14.9 Å². The van der Waals surface area contributed by atoms with Crippen LogP contribution in [0.5, 0.6) is 0 Å². The molecule has 4 heterocycles. The Morgan fingerprint density at radius 1 is 0.976 bits per heavy atom. The summed E-state index contributed by atoms with van der Waals surface area (Å²) in [6.45, 7) is 5.60. The van der Waals surface area contributed by atoms with Crippen molar-refractivity contribution in [2.75, 3.05) is 10.2 Å². The molecule has 2 fully saturated rings. The highest BCUT2D eigenvalue weighted by atomic mass is 16.2. The number of carbonyl (C=O) groups excluding carboxylic acids is 3. The average Bonchev–Trinajstić information content (AvgIpc) is 3.52. The number of amides is 3. The third-order valence-corrected chi connectivity index (χ3v) is 8.53. The number of hydrogen-bond donors (Lipinski definition) is 2. The van der Waals surface area contributed by atoms with Crippen molar-refractivity contribution in [2.45, 2.75) is 38.8 Å². The first-order valence-corrected chi connectivity index (χ1v) is 13.9. The SMILES string of the molecule is CC(=O)Nc1ccc(N2C(=O)[C@H]3C(CC(C)C)NC4(c5ccccc5-n5c4nc4ccccc4c5=O)[C@H]3C2=O)cc1. The van der Waals surface area contributed by atoms with Crippen LogP contribution >= 0.6 is 0 Å². The molecule has 2 N–H and O–H groups in total. The minimum absolute atomic E-state index is 0.206. The number of hydrogen-bond acceptors (Lipinski definition) is 6. The van der Waals surface area contributed by atoms with E-state index in [2.05, 4.69) is 24.5 Å². The molecule has 206 valence electrons. The van der Waals surface area contributed by atoms with Crippen LogP contribution in [0.15, 0.2) is 77.6 Å². The topological polar surface area (TPSA) is 113 Å². The summed E-state index contributed by atoms with van der Waals surface area (Å²) in [6.07, 6.45) is 0.664. The zero-order valence-corrected chi connectivity index (χ0v) is 22.9. The van der Waals surface area contributed by atoms with E-state index < -0.39 is 17.4 Å². The molecule has 3 aliphatic rings. The zero-order valence-electron chi connectivity index (χ0n) is 22.9. The Morgan fingerprint density at radius 2 is 1.68 bits per heavy atom. The first-order chi connectivity index (χ1) is 19.7. The lowest BCUT2D eigenvalue weighted by atomic mass is 9.75. The Bertz CT molecular complexity index is 1830. The summed E-state index contributed by atoms with van der Waals surface area (Å²) in [5, 5.41) is 6.94. The van der Waals surface area contributed by atoms with E-state index in [1.807, 2.05) is 36.4 Å². The number of para-hydroxylation sites is 2. The molecule has 0 saturated carbocycles. The molecule has 9 nitrogen and oxygen atoms in total. The summed E-state index contributed by atoms with van der Waals surface area (Å²) < 4.78 is 1.61. The van der Waals surface area contributed by atoms with Gasteiger partial charge in [0, 0.05) is 24.2 Å². The quantitative estimate of drug-likeness (QED) is 0.377. The predicted molar refractivity (Wildman–Crippen MR) is 155 cm³/mol. The fourth-order valence-electron chi connectivity index (χ4n) is 7.08. The van der Waals surface area contributed by atoms with Gasteiger partial charge in [-0.15, -0.1) is 0 Å². The second-order valence-electron chi connectivity index (χ2n) is 11.5. The van der Waals surface area contributed by atoms with Crippen LogP contribution in [0.4, 0.5) is 11.4 Å². The Labute approximate surface area is 236 Å². The molecule has 2 unspecified atom stereocenters. The van der Waals surface area contributed by atoms with E-state index in [4.69, 9.17) is 4.98 Å². The van der Waals surface area contributed by atoms with E-state index in [-0.39, 0.29) is 35.2 Å². The molecule has 9 heteroatoms. The molecule has 3 aliphatic heterocycles. The Hall–Kier alpha value is -4.63. The number of anilines is 2. The first-order valence-electron chi connectivity index (χ1n) is 13.9. The number of carbonyl (C=O) groups is 3. The molecule has 3 aromatic carbocycles. The van der Waals surface area contributed by atoms with Gasteiger partial charge in [-0.2, -0.15) is 0 Å². The highest BCUT2D eigenvalue weighted by Gasteiger charge is 2.69. The van der Waals surface area contributed by atoms with Gasteiger partial charge in [0.05, 0.1) is 34.1 Å². The predicted octanol–water partition coefficient (Wildman–Crippen LogP) is 3.72. The third-order valence-electron chi connectivity index (χ3n) is 8.53. The van der Waals surface area contributed by atoms with Crippen LogP contribution in [0.2, 0.25) is 0 Å². The fourth-order valence-corrected chi connectivity index (χ4v) is 7.08. The molecule has 0 aliphatic carbocycles. The van der Waals surface area contributed by atoms with Gasteiger partial charge in [-0.1, -0.05) is 44.2 Å². The van der Waals surface area contributed by atoms with E-state index in [0.717, 1.165) is 5.56 Å². The Morgan fingerprint density at radius 3 is 2.41 bits per heavy atom. The normalized spacial score (nSPS) is 24.3. The molecule has 0 bridgehead atoms. The minimum Gasteiger partial charge on any atom is -0.326 e. The van der Waals surface area contributed by atoms with E-state index in [1.54, 1.807) is 41.0 Å². The maximum Gasteiger partial charge on any atom is 0.266 e. The molecule has 1 spiro atoms. The van der Waals surface area contributed by atoms with Gasteiger partial charge in [-0.05, 0) is 54.8 Å². The van der Waals surface area contributed by atoms with Crippen molar-refractivity contribution >= 4 is 40.0 Å². The number of rotatable bonds is 4. The standard InChI is InChI=1S/C32H29N5O4/c1-17(2)16-24-26-27(30(41)36(29(26)40)20-14-12-19(13-15-20)33-18(3)38)32(35-24)22-9-5-7-11-25(22)37-28(39)21-8-4-6-10-23(21)34-31(32)37/h4-15,17,24,26-27,35H,16H2,1-3H3,(H,33,38)/t24?,26-,27+,32?/m0/s1. The molecular weight excluding hydrogens is 518 g/mol. The van der Waals surface area contributed by atoms with Crippen molar-refractivity contribution in [3.63, 3.8) is 0 Å². The summed E-state index contributed by atoms with van der Waals surface area (Å²) in [7, 11) is 0. The highest BCUT2D eigenvalue weighted by Crippen LogP contribution is 2.56. The molecule has 3 amide bonds. The van der Waals surface area contributed by atoms with E-state index >= 15 is 0 Å². The smallest absolute Gasteiger partial charge is 0.266 e. The van der Waals surface area contributed by atoms with Crippen molar-refractivity contribution in [3.8, 4) is 5.69 Å². The van der Waals surface area contributed by atoms with Gasteiger partial charge in [0.2, 0.25) is 17.7 Å². The van der Waals surface area contributed by atoms with Gasteiger partial charge in [-0.3, -0.25) is 29.1 Å². The van der Waals surface area contributed by atoms with Gasteiger partial charge in [-0.25, -0.2) is 9.88 Å². The summed E-state index contributed by atoms with van der Waals surface area (Å²) in [5.74, 6) is -1.59. The average molecular weight is 548 g/mol. The van der Waals surface area contributed by atoms with Crippen LogP contribution in [0.3, 0.4) is 0 Å². The molecule has 0 radical (unpaired) electrons.